The Kier molecular flexibility index (Phi) is 7.26. The van der Waals surface area contributed by atoms with Gasteiger partial charge in [0.05, 0.1) is 29.3 Å². The molecule has 2 aromatic carbocycles. The van der Waals surface area contributed by atoms with E-state index in [9.17, 15) is 9.59 Å². The van der Waals surface area contributed by atoms with E-state index in [2.05, 4.69) is 30.2 Å². The second-order valence-corrected chi connectivity index (χ2v) is 8.33. The van der Waals surface area contributed by atoms with Gasteiger partial charge in [-0.2, -0.15) is 5.26 Å². The van der Waals surface area contributed by atoms with Crippen molar-refractivity contribution in [2.75, 3.05) is 12.3 Å². The van der Waals surface area contributed by atoms with Crippen LogP contribution in [0.2, 0.25) is 0 Å². The first-order chi connectivity index (χ1) is 14.5. The van der Waals surface area contributed by atoms with Crippen LogP contribution in [0.15, 0.2) is 58.5 Å². The van der Waals surface area contributed by atoms with Crippen LogP contribution >= 0.6 is 11.8 Å². The van der Waals surface area contributed by atoms with Gasteiger partial charge in [-0.05, 0) is 42.2 Å². The molecule has 1 amide bonds. The minimum atomic E-state index is -0.142. The standard InChI is InChI=1S/C23H24N4O2S/c1-16(2)11-13-25-21(28)18-9-7-17(8-10-18)15-27-22(29)19-5-3-4-6-20(19)26-23(27)30-14-12-24/h3-10,16H,11,13-15H2,1-2H3,(H,25,28). The van der Waals surface area contributed by atoms with Crippen molar-refractivity contribution in [2.24, 2.45) is 5.92 Å². The third-order valence-electron chi connectivity index (χ3n) is 4.66. The first kappa shape index (κ1) is 21.6. The predicted octanol–water partition coefficient (Wildman–Crippen LogP) is 3.84. The minimum absolute atomic E-state index is 0.1000. The number of hydrogen-bond donors (Lipinski definition) is 1. The van der Waals surface area contributed by atoms with E-state index in [0.29, 0.717) is 40.6 Å². The normalized spacial score (nSPS) is 10.9. The van der Waals surface area contributed by atoms with E-state index >= 15 is 0 Å². The summed E-state index contributed by atoms with van der Waals surface area (Å²) < 4.78 is 1.59. The van der Waals surface area contributed by atoms with Gasteiger partial charge in [0, 0.05) is 12.1 Å². The quantitative estimate of drug-likeness (QED) is 0.442. The van der Waals surface area contributed by atoms with E-state index in [-0.39, 0.29) is 17.2 Å². The molecule has 0 saturated carbocycles. The Bertz CT molecular complexity index is 1130. The summed E-state index contributed by atoms with van der Waals surface area (Å²) in [6.07, 6.45) is 0.935. The van der Waals surface area contributed by atoms with Crippen LogP contribution in [-0.2, 0) is 6.54 Å². The summed E-state index contributed by atoms with van der Waals surface area (Å²) in [7, 11) is 0. The zero-order chi connectivity index (χ0) is 21.5. The average molecular weight is 421 g/mol. The molecule has 7 heteroatoms. The highest BCUT2D eigenvalue weighted by atomic mass is 32.2. The summed E-state index contributed by atoms with van der Waals surface area (Å²) in [4.78, 5) is 29.9. The highest BCUT2D eigenvalue weighted by Gasteiger charge is 2.12. The van der Waals surface area contributed by atoms with Crippen molar-refractivity contribution in [1.82, 2.24) is 14.9 Å². The first-order valence-electron chi connectivity index (χ1n) is 9.86. The topological polar surface area (TPSA) is 87.8 Å². The summed E-state index contributed by atoms with van der Waals surface area (Å²) in [5.74, 6) is 0.645. The number of hydrogen-bond acceptors (Lipinski definition) is 5. The van der Waals surface area contributed by atoms with E-state index in [1.54, 1.807) is 28.8 Å². The third kappa shape index (κ3) is 5.28. The number of amides is 1. The van der Waals surface area contributed by atoms with Crippen LogP contribution in [0, 0.1) is 17.2 Å². The monoisotopic (exact) mass is 420 g/mol. The van der Waals surface area contributed by atoms with Crippen LogP contribution < -0.4 is 10.9 Å². The lowest BCUT2D eigenvalue weighted by Gasteiger charge is -2.13. The van der Waals surface area contributed by atoms with Crippen LogP contribution in [0.1, 0.15) is 36.2 Å². The fraction of sp³-hybridized carbons (Fsp3) is 0.304. The van der Waals surface area contributed by atoms with Crippen molar-refractivity contribution in [3.05, 3.63) is 70.0 Å². The van der Waals surface area contributed by atoms with Gasteiger partial charge in [0.25, 0.3) is 11.5 Å². The Balaban J connectivity index is 1.83. The zero-order valence-electron chi connectivity index (χ0n) is 17.1. The summed E-state index contributed by atoms with van der Waals surface area (Å²) in [5.41, 5.74) is 1.95. The fourth-order valence-electron chi connectivity index (χ4n) is 3.01. The number of nitriles is 1. The van der Waals surface area contributed by atoms with E-state index in [1.807, 2.05) is 24.3 Å². The lowest BCUT2D eigenvalue weighted by atomic mass is 10.1. The Labute approximate surface area is 179 Å². The van der Waals surface area contributed by atoms with Gasteiger partial charge in [0.1, 0.15) is 0 Å². The van der Waals surface area contributed by atoms with E-state index < -0.39 is 0 Å². The summed E-state index contributed by atoms with van der Waals surface area (Å²) in [5, 5.41) is 12.9. The summed E-state index contributed by atoms with van der Waals surface area (Å²) in [6.45, 7) is 5.21. The van der Waals surface area contributed by atoms with Crippen molar-refractivity contribution >= 4 is 28.6 Å². The van der Waals surface area contributed by atoms with E-state index in [4.69, 9.17) is 5.26 Å². The molecule has 1 aromatic heterocycles. The van der Waals surface area contributed by atoms with Gasteiger partial charge in [-0.15, -0.1) is 0 Å². The maximum Gasteiger partial charge on any atom is 0.262 e. The molecule has 0 aliphatic heterocycles. The average Bonchev–Trinajstić information content (AvgIpc) is 2.74. The van der Waals surface area contributed by atoms with Crippen LogP contribution in [0.4, 0.5) is 0 Å². The molecule has 3 aromatic rings. The number of carbonyl (C=O) groups excluding carboxylic acids is 1. The maximum atomic E-state index is 13.0. The van der Waals surface area contributed by atoms with Crippen LogP contribution in [0.5, 0.6) is 0 Å². The van der Waals surface area contributed by atoms with Gasteiger partial charge < -0.3 is 5.32 Å². The van der Waals surface area contributed by atoms with Gasteiger partial charge in [-0.3, -0.25) is 14.2 Å². The maximum absolute atomic E-state index is 13.0. The molecule has 0 aliphatic carbocycles. The number of aromatic nitrogens is 2. The van der Waals surface area contributed by atoms with Crippen molar-refractivity contribution in [1.29, 1.82) is 5.26 Å². The van der Waals surface area contributed by atoms with Crippen LogP contribution in [0.25, 0.3) is 10.9 Å². The molecule has 1 heterocycles. The lowest BCUT2D eigenvalue weighted by Crippen LogP contribution is -2.25. The smallest absolute Gasteiger partial charge is 0.262 e. The minimum Gasteiger partial charge on any atom is -0.352 e. The number of nitrogens with zero attached hydrogens (tertiary/aromatic N) is 3. The molecule has 154 valence electrons. The molecule has 3 rings (SSSR count). The molecule has 30 heavy (non-hydrogen) atoms. The molecule has 1 N–H and O–H groups in total. The SMILES string of the molecule is CC(C)CCNC(=O)c1ccc(Cn2c(SCC#N)nc3ccccc3c2=O)cc1. The summed E-state index contributed by atoms with van der Waals surface area (Å²) in [6, 6.07) is 16.5. The Hall–Kier alpha value is -3.11. The number of benzene rings is 2. The highest BCUT2D eigenvalue weighted by Crippen LogP contribution is 2.18. The highest BCUT2D eigenvalue weighted by molar-refractivity contribution is 7.99. The van der Waals surface area contributed by atoms with Crippen LogP contribution in [0.3, 0.4) is 0 Å². The van der Waals surface area contributed by atoms with Crippen molar-refractivity contribution in [3.8, 4) is 6.07 Å². The van der Waals surface area contributed by atoms with Gasteiger partial charge in [0.15, 0.2) is 5.16 Å². The number of para-hydroxylation sites is 1. The van der Waals surface area contributed by atoms with E-state index in [1.165, 1.54) is 11.8 Å². The molecule has 0 aliphatic rings. The van der Waals surface area contributed by atoms with Crippen molar-refractivity contribution in [3.63, 3.8) is 0 Å². The molecular formula is C23H24N4O2S. The molecule has 0 spiro atoms. The zero-order valence-corrected chi connectivity index (χ0v) is 17.9. The predicted molar refractivity (Wildman–Crippen MR) is 120 cm³/mol. The Morgan fingerprint density at radius 3 is 2.63 bits per heavy atom. The molecule has 0 radical (unpaired) electrons. The third-order valence-corrected chi connectivity index (χ3v) is 5.50. The largest absolute Gasteiger partial charge is 0.352 e. The van der Waals surface area contributed by atoms with Crippen LogP contribution in [-0.4, -0.2) is 27.8 Å². The first-order valence-corrected chi connectivity index (χ1v) is 10.8. The molecule has 0 fully saturated rings. The second-order valence-electron chi connectivity index (χ2n) is 7.38. The number of fused-ring (bicyclic) bond motifs is 1. The van der Waals surface area contributed by atoms with Gasteiger partial charge in [-0.1, -0.05) is 49.9 Å². The lowest BCUT2D eigenvalue weighted by molar-refractivity contribution is 0.0952. The van der Waals surface area contributed by atoms with Crippen molar-refractivity contribution in [2.45, 2.75) is 32.0 Å². The number of nitrogens with one attached hydrogen (secondary N) is 1. The molecule has 0 bridgehead atoms. The summed E-state index contributed by atoms with van der Waals surface area (Å²) >= 11 is 1.24. The van der Waals surface area contributed by atoms with Gasteiger partial charge >= 0.3 is 0 Å². The fourth-order valence-corrected chi connectivity index (χ4v) is 3.67. The number of carbonyl (C=O) groups is 1. The molecule has 0 atom stereocenters. The molecular weight excluding hydrogens is 396 g/mol. The van der Waals surface area contributed by atoms with Gasteiger partial charge in [0.2, 0.25) is 0 Å². The number of rotatable bonds is 8. The second kappa shape index (κ2) is 10.1. The Morgan fingerprint density at radius 2 is 1.93 bits per heavy atom. The number of thioether (sulfide) groups is 1. The molecule has 6 nitrogen and oxygen atoms in total. The molecule has 0 saturated heterocycles. The van der Waals surface area contributed by atoms with Crippen molar-refractivity contribution < 1.29 is 4.79 Å². The van der Waals surface area contributed by atoms with E-state index in [0.717, 1.165) is 12.0 Å². The van der Waals surface area contributed by atoms with Gasteiger partial charge in [-0.25, -0.2) is 4.98 Å². The Morgan fingerprint density at radius 1 is 1.20 bits per heavy atom. The molecule has 0 unspecified atom stereocenters.